The maximum absolute atomic E-state index is 10.8. The largest absolute Gasteiger partial charge is 0.496 e. The van der Waals surface area contributed by atoms with Crippen molar-refractivity contribution in [1.29, 1.82) is 0 Å². The summed E-state index contributed by atoms with van der Waals surface area (Å²) in [6.45, 7) is 2.87. The first-order valence-corrected chi connectivity index (χ1v) is 6.40. The summed E-state index contributed by atoms with van der Waals surface area (Å²) in [6, 6.07) is 4.68. The topological polar surface area (TPSA) is 103 Å². The van der Waals surface area contributed by atoms with Crippen LogP contribution >= 0.6 is 0 Å². The molecule has 2 rings (SSSR count). The van der Waals surface area contributed by atoms with Gasteiger partial charge in [0.05, 0.1) is 18.1 Å². The summed E-state index contributed by atoms with van der Waals surface area (Å²) in [5.41, 5.74) is 0.797. The van der Waals surface area contributed by atoms with Crippen LogP contribution in [-0.2, 0) is 13.0 Å². The van der Waals surface area contributed by atoms with Gasteiger partial charge >= 0.3 is 0 Å². The predicted molar refractivity (Wildman–Crippen MR) is 74.1 cm³/mol. The number of ether oxygens (including phenoxy) is 1. The predicted octanol–water partition coefficient (Wildman–Crippen LogP) is 1.63. The molecule has 1 aromatic heterocycles. The van der Waals surface area contributed by atoms with E-state index in [0.29, 0.717) is 37.0 Å². The fraction of sp³-hybridized carbons (Fsp3) is 0.385. The van der Waals surface area contributed by atoms with Crippen molar-refractivity contribution < 1.29 is 14.2 Å². The summed E-state index contributed by atoms with van der Waals surface area (Å²) in [7, 11) is 1.48. The van der Waals surface area contributed by atoms with E-state index in [1.165, 1.54) is 19.2 Å². The molecule has 8 nitrogen and oxygen atoms in total. The van der Waals surface area contributed by atoms with Crippen molar-refractivity contribution in [3.8, 4) is 5.75 Å². The van der Waals surface area contributed by atoms with Crippen molar-refractivity contribution in [3.05, 3.63) is 45.6 Å². The molecule has 0 saturated heterocycles. The molecule has 1 heterocycles. The number of nitro groups is 1. The summed E-state index contributed by atoms with van der Waals surface area (Å²) in [5.74, 6) is 1.64. The van der Waals surface area contributed by atoms with Gasteiger partial charge in [-0.3, -0.25) is 10.1 Å². The second-order valence-corrected chi connectivity index (χ2v) is 4.45. The molecule has 0 aliphatic rings. The standard InChI is InChI=1S/C13H16N4O4/c1-9-15-13(16-21-9)3-4-14-8-10-5-11(17(18)19)7-12(6-10)20-2/h5-7,14H,3-4,8H2,1-2H3. The lowest BCUT2D eigenvalue weighted by atomic mass is 10.2. The Labute approximate surface area is 121 Å². The highest BCUT2D eigenvalue weighted by atomic mass is 16.6. The van der Waals surface area contributed by atoms with Gasteiger partial charge in [0.1, 0.15) is 5.75 Å². The quantitative estimate of drug-likeness (QED) is 0.470. The Bertz CT molecular complexity index is 626. The third kappa shape index (κ3) is 4.25. The number of non-ortho nitro benzene ring substituents is 1. The Balaban J connectivity index is 1.90. The molecule has 0 aliphatic heterocycles. The van der Waals surface area contributed by atoms with Gasteiger partial charge in [-0.25, -0.2) is 0 Å². The van der Waals surface area contributed by atoms with E-state index in [1.807, 2.05) is 0 Å². The molecule has 0 bridgehead atoms. The monoisotopic (exact) mass is 292 g/mol. The lowest BCUT2D eigenvalue weighted by Crippen LogP contribution is -2.17. The van der Waals surface area contributed by atoms with Crippen molar-refractivity contribution in [3.63, 3.8) is 0 Å². The van der Waals surface area contributed by atoms with E-state index < -0.39 is 4.92 Å². The summed E-state index contributed by atoms with van der Waals surface area (Å²) < 4.78 is 9.93. The van der Waals surface area contributed by atoms with E-state index in [1.54, 1.807) is 13.0 Å². The smallest absolute Gasteiger partial charge is 0.273 e. The van der Waals surface area contributed by atoms with Gasteiger partial charge in [0.15, 0.2) is 5.82 Å². The van der Waals surface area contributed by atoms with Crippen molar-refractivity contribution >= 4 is 5.69 Å². The Morgan fingerprint density at radius 3 is 2.86 bits per heavy atom. The minimum Gasteiger partial charge on any atom is -0.496 e. The first-order chi connectivity index (χ1) is 10.1. The summed E-state index contributed by atoms with van der Waals surface area (Å²) in [4.78, 5) is 14.5. The summed E-state index contributed by atoms with van der Waals surface area (Å²) in [5, 5.41) is 17.8. The molecule has 0 atom stereocenters. The number of hydrogen-bond donors (Lipinski definition) is 1. The van der Waals surface area contributed by atoms with Gasteiger partial charge in [-0.1, -0.05) is 5.16 Å². The number of methoxy groups -OCH3 is 1. The van der Waals surface area contributed by atoms with Crippen LogP contribution in [0.4, 0.5) is 5.69 Å². The Morgan fingerprint density at radius 1 is 1.43 bits per heavy atom. The van der Waals surface area contributed by atoms with E-state index in [9.17, 15) is 10.1 Å². The molecule has 1 N–H and O–H groups in total. The van der Waals surface area contributed by atoms with E-state index in [4.69, 9.17) is 9.26 Å². The van der Waals surface area contributed by atoms with Crippen LogP contribution in [0, 0.1) is 17.0 Å². The number of rotatable bonds is 7. The second kappa shape index (κ2) is 6.80. The van der Waals surface area contributed by atoms with Crippen molar-refractivity contribution in [2.24, 2.45) is 0 Å². The van der Waals surface area contributed by atoms with E-state index in [-0.39, 0.29) is 5.69 Å². The van der Waals surface area contributed by atoms with Crippen molar-refractivity contribution in [2.45, 2.75) is 19.9 Å². The Kier molecular flexibility index (Phi) is 4.83. The number of aromatic nitrogens is 2. The van der Waals surface area contributed by atoms with E-state index >= 15 is 0 Å². The van der Waals surface area contributed by atoms with E-state index in [0.717, 1.165) is 5.56 Å². The first kappa shape index (κ1) is 14.9. The van der Waals surface area contributed by atoms with Crippen LogP contribution in [0.15, 0.2) is 22.7 Å². The fourth-order valence-electron chi connectivity index (χ4n) is 1.84. The molecule has 8 heteroatoms. The fourth-order valence-corrected chi connectivity index (χ4v) is 1.84. The second-order valence-electron chi connectivity index (χ2n) is 4.45. The number of nitro benzene ring substituents is 1. The molecule has 0 saturated carbocycles. The molecule has 1 aromatic carbocycles. The Morgan fingerprint density at radius 2 is 2.24 bits per heavy atom. The SMILES string of the molecule is COc1cc(CNCCc2noc(C)n2)cc([N+](=O)[O-])c1. The third-order valence-corrected chi connectivity index (χ3v) is 2.82. The van der Waals surface area contributed by atoms with Gasteiger partial charge in [0.2, 0.25) is 5.89 Å². The molecule has 0 spiro atoms. The molecule has 0 radical (unpaired) electrons. The zero-order chi connectivity index (χ0) is 15.2. The van der Waals surface area contributed by atoms with Gasteiger partial charge in [0.25, 0.3) is 5.69 Å². The van der Waals surface area contributed by atoms with Crippen LogP contribution in [0.2, 0.25) is 0 Å². The molecule has 112 valence electrons. The highest BCUT2D eigenvalue weighted by Crippen LogP contribution is 2.22. The van der Waals surface area contributed by atoms with Crippen molar-refractivity contribution in [2.75, 3.05) is 13.7 Å². The highest BCUT2D eigenvalue weighted by Gasteiger charge is 2.10. The molecule has 0 fully saturated rings. The molecular formula is C13H16N4O4. The maximum atomic E-state index is 10.8. The first-order valence-electron chi connectivity index (χ1n) is 6.40. The zero-order valence-corrected chi connectivity index (χ0v) is 11.8. The summed E-state index contributed by atoms with van der Waals surface area (Å²) >= 11 is 0. The van der Waals surface area contributed by atoms with Crippen molar-refractivity contribution in [1.82, 2.24) is 15.5 Å². The molecule has 0 unspecified atom stereocenters. The van der Waals surface area contributed by atoms with Crippen LogP contribution in [-0.4, -0.2) is 28.7 Å². The van der Waals surface area contributed by atoms with Crippen LogP contribution in [0.1, 0.15) is 17.3 Å². The maximum Gasteiger partial charge on any atom is 0.273 e. The number of nitrogens with zero attached hydrogens (tertiary/aromatic N) is 3. The van der Waals surface area contributed by atoms with Gasteiger partial charge in [-0.05, 0) is 11.6 Å². The third-order valence-electron chi connectivity index (χ3n) is 2.82. The normalized spacial score (nSPS) is 10.6. The minimum absolute atomic E-state index is 0.0138. The van der Waals surface area contributed by atoms with E-state index in [2.05, 4.69) is 15.5 Å². The van der Waals surface area contributed by atoms with Crippen LogP contribution in [0.5, 0.6) is 5.75 Å². The Hall–Kier alpha value is -2.48. The van der Waals surface area contributed by atoms with Gasteiger partial charge < -0.3 is 14.6 Å². The highest BCUT2D eigenvalue weighted by molar-refractivity contribution is 5.42. The number of benzene rings is 1. The van der Waals surface area contributed by atoms with Gasteiger partial charge in [-0.15, -0.1) is 0 Å². The number of nitrogens with one attached hydrogen (secondary N) is 1. The molecule has 21 heavy (non-hydrogen) atoms. The average Bonchev–Trinajstić information content (AvgIpc) is 2.88. The molecular weight excluding hydrogens is 276 g/mol. The van der Waals surface area contributed by atoms with Crippen LogP contribution < -0.4 is 10.1 Å². The molecule has 2 aromatic rings. The average molecular weight is 292 g/mol. The van der Waals surface area contributed by atoms with Crippen LogP contribution in [0.25, 0.3) is 0 Å². The number of aryl methyl sites for hydroxylation is 1. The summed E-state index contributed by atoms with van der Waals surface area (Å²) in [6.07, 6.45) is 0.628. The van der Waals surface area contributed by atoms with Crippen LogP contribution in [0.3, 0.4) is 0 Å². The minimum atomic E-state index is -0.436. The molecule has 0 aliphatic carbocycles. The lowest BCUT2D eigenvalue weighted by molar-refractivity contribution is -0.385. The zero-order valence-electron chi connectivity index (χ0n) is 11.8. The van der Waals surface area contributed by atoms with Gasteiger partial charge in [0, 0.05) is 32.5 Å². The molecule has 0 amide bonds. The lowest BCUT2D eigenvalue weighted by Gasteiger charge is -2.06. The van der Waals surface area contributed by atoms with Gasteiger partial charge in [-0.2, -0.15) is 4.98 Å². The number of hydrogen-bond acceptors (Lipinski definition) is 7.